The number of hydrogen-bond acceptors (Lipinski definition) is 5. The molecule has 4 rings (SSSR count). The van der Waals surface area contributed by atoms with Crippen molar-refractivity contribution in [2.75, 3.05) is 19.0 Å². The van der Waals surface area contributed by atoms with Crippen LogP contribution < -0.4 is 10.6 Å². The number of methoxy groups -OCH3 is 1. The molecule has 2 N–H and O–H groups in total. The van der Waals surface area contributed by atoms with E-state index in [0.29, 0.717) is 17.3 Å². The van der Waals surface area contributed by atoms with Gasteiger partial charge in [0.2, 0.25) is 0 Å². The fraction of sp³-hybridized carbons (Fsp3) is 0.406. The van der Waals surface area contributed by atoms with Gasteiger partial charge >= 0.3 is 5.97 Å². The Kier molecular flexibility index (Phi) is 11.9. The lowest BCUT2D eigenvalue weighted by molar-refractivity contribution is -0.140. The molecule has 1 aromatic heterocycles. The van der Waals surface area contributed by atoms with Crippen LogP contribution in [0.1, 0.15) is 80.8 Å². The van der Waals surface area contributed by atoms with Gasteiger partial charge in [-0.2, -0.15) is 0 Å². The van der Waals surface area contributed by atoms with Gasteiger partial charge in [0, 0.05) is 12.7 Å². The molecule has 2 aromatic carbocycles. The standard InChI is InChI=1S/C28H30FN3O3.C4H10/c1-35-26(33)16-17-30-28(34)23-12-15-25(31-18-23)32-27(21-4-2-3-5-21)22-8-6-19(7-9-22)20-10-13-24(29)14-11-20;1-3-4-2/h6-15,18,21,27H,2-5,16-17H2,1H3,(H,30,34)(H,31,32);3-4H2,1-2H3. The Morgan fingerprint density at radius 1 is 0.949 bits per heavy atom. The minimum absolute atomic E-state index is 0.104. The van der Waals surface area contributed by atoms with Gasteiger partial charge in [0.15, 0.2) is 0 Å². The number of benzene rings is 2. The Balaban J connectivity index is 0.000000983. The Labute approximate surface area is 231 Å². The lowest BCUT2D eigenvalue weighted by Gasteiger charge is -2.26. The number of esters is 1. The van der Waals surface area contributed by atoms with E-state index in [1.165, 1.54) is 50.5 Å². The Morgan fingerprint density at radius 2 is 1.56 bits per heavy atom. The van der Waals surface area contributed by atoms with Crippen molar-refractivity contribution in [2.45, 2.75) is 64.8 Å². The molecular formula is C32H40FN3O3. The first-order valence-corrected chi connectivity index (χ1v) is 13.9. The number of halogens is 1. The molecule has 0 spiro atoms. The predicted molar refractivity (Wildman–Crippen MR) is 154 cm³/mol. The summed E-state index contributed by atoms with van der Waals surface area (Å²) in [5, 5.41) is 6.28. The summed E-state index contributed by atoms with van der Waals surface area (Å²) in [6.45, 7) is 4.57. The topological polar surface area (TPSA) is 80.3 Å². The third kappa shape index (κ3) is 9.20. The summed E-state index contributed by atoms with van der Waals surface area (Å²) in [6, 6.07) is 18.5. The van der Waals surface area contributed by atoms with E-state index in [2.05, 4.69) is 58.5 Å². The lowest BCUT2D eigenvalue weighted by Crippen LogP contribution is -2.26. The third-order valence-corrected chi connectivity index (χ3v) is 6.99. The quantitative estimate of drug-likeness (QED) is 0.267. The molecule has 1 unspecified atom stereocenters. The number of rotatable bonds is 10. The van der Waals surface area contributed by atoms with E-state index in [1.807, 2.05) is 6.07 Å². The van der Waals surface area contributed by atoms with Crippen molar-refractivity contribution in [1.29, 1.82) is 0 Å². The smallest absolute Gasteiger partial charge is 0.307 e. The number of amides is 1. The van der Waals surface area contributed by atoms with Gasteiger partial charge in [0.25, 0.3) is 5.91 Å². The largest absolute Gasteiger partial charge is 0.469 e. The molecule has 0 radical (unpaired) electrons. The second-order valence-electron chi connectivity index (χ2n) is 9.81. The van der Waals surface area contributed by atoms with Crippen molar-refractivity contribution >= 4 is 17.7 Å². The van der Waals surface area contributed by atoms with Gasteiger partial charge in [-0.3, -0.25) is 9.59 Å². The summed E-state index contributed by atoms with van der Waals surface area (Å²) in [6.07, 6.45) is 9.04. The molecule has 0 saturated heterocycles. The number of carbonyl (C=O) groups is 2. The maximum Gasteiger partial charge on any atom is 0.307 e. The van der Waals surface area contributed by atoms with Crippen LogP contribution in [0.5, 0.6) is 0 Å². The van der Waals surface area contributed by atoms with Gasteiger partial charge in [-0.05, 0) is 59.7 Å². The maximum absolute atomic E-state index is 13.3. The minimum atomic E-state index is -0.369. The average molecular weight is 534 g/mol. The summed E-state index contributed by atoms with van der Waals surface area (Å²) in [5.41, 5.74) is 3.63. The zero-order chi connectivity index (χ0) is 28.0. The van der Waals surface area contributed by atoms with E-state index in [1.54, 1.807) is 24.4 Å². The summed E-state index contributed by atoms with van der Waals surface area (Å²) in [7, 11) is 1.32. The van der Waals surface area contributed by atoms with Gasteiger partial charge in [0.05, 0.1) is 25.1 Å². The number of aromatic nitrogens is 1. The number of hydrogen-bond donors (Lipinski definition) is 2. The highest BCUT2D eigenvalue weighted by Gasteiger charge is 2.26. The second-order valence-corrected chi connectivity index (χ2v) is 9.81. The van der Waals surface area contributed by atoms with Gasteiger partial charge in [-0.15, -0.1) is 0 Å². The van der Waals surface area contributed by atoms with Crippen molar-refractivity contribution in [2.24, 2.45) is 5.92 Å². The van der Waals surface area contributed by atoms with Gasteiger partial charge < -0.3 is 15.4 Å². The monoisotopic (exact) mass is 533 g/mol. The van der Waals surface area contributed by atoms with Crippen LogP contribution >= 0.6 is 0 Å². The number of ether oxygens (including phenoxy) is 1. The maximum atomic E-state index is 13.3. The third-order valence-electron chi connectivity index (χ3n) is 6.99. The molecule has 3 aromatic rings. The SMILES string of the molecule is CCCC.COC(=O)CCNC(=O)c1ccc(NC(c2ccc(-c3ccc(F)cc3)cc2)C2CCCC2)nc1. The van der Waals surface area contributed by atoms with E-state index >= 15 is 0 Å². The molecule has 208 valence electrons. The number of carbonyl (C=O) groups excluding carboxylic acids is 2. The first-order chi connectivity index (χ1) is 18.9. The fourth-order valence-corrected chi connectivity index (χ4v) is 4.54. The summed E-state index contributed by atoms with van der Waals surface area (Å²) in [4.78, 5) is 28.0. The highest BCUT2D eigenvalue weighted by Crippen LogP contribution is 2.38. The van der Waals surface area contributed by atoms with Crippen molar-refractivity contribution in [3.8, 4) is 11.1 Å². The van der Waals surface area contributed by atoms with Crippen LogP contribution in [0, 0.1) is 11.7 Å². The van der Waals surface area contributed by atoms with Gasteiger partial charge in [-0.25, -0.2) is 9.37 Å². The highest BCUT2D eigenvalue weighted by atomic mass is 19.1. The van der Waals surface area contributed by atoms with Crippen molar-refractivity contribution in [3.63, 3.8) is 0 Å². The molecular weight excluding hydrogens is 493 g/mol. The Hall–Kier alpha value is -3.74. The summed E-state index contributed by atoms with van der Waals surface area (Å²) in [5.74, 6) is 0.307. The number of anilines is 1. The molecule has 6 nitrogen and oxygen atoms in total. The highest BCUT2D eigenvalue weighted by molar-refractivity contribution is 5.94. The number of unbranched alkanes of at least 4 members (excludes halogenated alkanes) is 1. The van der Waals surface area contributed by atoms with Crippen LogP contribution in [-0.4, -0.2) is 30.5 Å². The molecule has 1 aliphatic rings. The zero-order valence-electron chi connectivity index (χ0n) is 23.2. The molecule has 1 heterocycles. The van der Waals surface area contributed by atoms with E-state index < -0.39 is 0 Å². The second kappa shape index (κ2) is 15.6. The number of nitrogens with one attached hydrogen (secondary N) is 2. The molecule has 39 heavy (non-hydrogen) atoms. The van der Waals surface area contributed by atoms with Crippen molar-refractivity contribution < 1.29 is 18.7 Å². The van der Waals surface area contributed by atoms with E-state index in [9.17, 15) is 14.0 Å². The van der Waals surface area contributed by atoms with Crippen molar-refractivity contribution in [1.82, 2.24) is 10.3 Å². The van der Waals surface area contributed by atoms with E-state index in [4.69, 9.17) is 0 Å². The first-order valence-electron chi connectivity index (χ1n) is 13.9. The molecule has 1 fully saturated rings. The van der Waals surface area contributed by atoms with Gasteiger partial charge in [-0.1, -0.05) is 75.9 Å². The molecule has 1 saturated carbocycles. The number of nitrogens with zero attached hydrogens (tertiary/aromatic N) is 1. The average Bonchev–Trinajstić information content (AvgIpc) is 3.51. The van der Waals surface area contributed by atoms with Crippen LogP contribution in [0.2, 0.25) is 0 Å². The molecule has 0 bridgehead atoms. The van der Waals surface area contributed by atoms with Crippen LogP contribution in [0.15, 0.2) is 66.9 Å². The van der Waals surface area contributed by atoms with Crippen LogP contribution in [0.25, 0.3) is 11.1 Å². The lowest BCUT2D eigenvalue weighted by atomic mass is 9.90. The molecule has 7 heteroatoms. The molecule has 1 aliphatic carbocycles. The molecule has 0 aliphatic heterocycles. The minimum Gasteiger partial charge on any atom is -0.469 e. The van der Waals surface area contributed by atoms with Crippen molar-refractivity contribution in [3.05, 3.63) is 83.8 Å². The molecule has 1 amide bonds. The van der Waals surface area contributed by atoms with Crippen LogP contribution in [-0.2, 0) is 9.53 Å². The predicted octanol–water partition coefficient (Wildman–Crippen LogP) is 7.33. The van der Waals surface area contributed by atoms with Gasteiger partial charge in [0.1, 0.15) is 11.6 Å². The Bertz CT molecular complexity index is 1160. The molecule has 1 atom stereocenters. The zero-order valence-corrected chi connectivity index (χ0v) is 23.2. The van der Waals surface area contributed by atoms with E-state index in [0.717, 1.165) is 24.0 Å². The summed E-state index contributed by atoms with van der Waals surface area (Å²) < 4.78 is 17.8. The summed E-state index contributed by atoms with van der Waals surface area (Å²) >= 11 is 0. The first kappa shape index (κ1) is 29.8. The normalized spacial score (nSPS) is 13.6. The fourth-order valence-electron chi connectivity index (χ4n) is 4.54. The Morgan fingerprint density at radius 3 is 2.10 bits per heavy atom. The number of pyridine rings is 1. The van der Waals surface area contributed by atoms with Crippen LogP contribution in [0.4, 0.5) is 10.2 Å². The van der Waals surface area contributed by atoms with E-state index in [-0.39, 0.29) is 36.7 Å². The van der Waals surface area contributed by atoms with Crippen LogP contribution in [0.3, 0.4) is 0 Å².